The molecule has 7 nitrogen and oxygen atoms in total. The van der Waals surface area contributed by atoms with Gasteiger partial charge in [-0.1, -0.05) is 6.07 Å². The van der Waals surface area contributed by atoms with E-state index < -0.39 is 18.0 Å². The van der Waals surface area contributed by atoms with Crippen LogP contribution < -0.4 is 10.1 Å². The summed E-state index contributed by atoms with van der Waals surface area (Å²) in [6.45, 7) is 3.82. The van der Waals surface area contributed by atoms with Crippen molar-refractivity contribution in [1.82, 2.24) is 14.4 Å². The van der Waals surface area contributed by atoms with Crippen molar-refractivity contribution in [3.63, 3.8) is 0 Å². The van der Waals surface area contributed by atoms with Crippen LogP contribution >= 0.6 is 0 Å². The molecule has 1 aliphatic heterocycles. The maximum atomic E-state index is 12.9. The number of aromatic nitrogens is 3. The van der Waals surface area contributed by atoms with E-state index in [1.165, 1.54) is 18.2 Å². The molecule has 5 rings (SSSR count). The molecule has 3 aromatic rings. The first-order valence-corrected chi connectivity index (χ1v) is 10.3. The number of ether oxygens (including phenoxy) is 2. The molecule has 3 aromatic heterocycles. The summed E-state index contributed by atoms with van der Waals surface area (Å²) in [6, 6.07) is 5.74. The van der Waals surface area contributed by atoms with Gasteiger partial charge in [-0.05, 0) is 31.9 Å². The third-order valence-electron chi connectivity index (χ3n) is 6.03. The van der Waals surface area contributed by atoms with Gasteiger partial charge in [-0.3, -0.25) is 4.79 Å². The van der Waals surface area contributed by atoms with Crippen molar-refractivity contribution < 1.29 is 23.0 Å². The zero-order chi connectivity index (χ0) is 21.6. The summed E-state index contributed by atoms with van der Waals surface area (Å²) in [5.41, 5.74) is 1.83. The predicted molar refractivity (Wildman–Crippen MR) is 109 cm³/mol. The third kappa shape index (κ3) is 3.63. The molecule has 1 aliphatic carbocycles. The minimum absolute atomic E-state index is 0.0900. The van der Waals surface area contributed by atoms with Crippen LogP contribution in [0.4, 0.5) is 14.5 Å². The van der Waals surface area contributed by atoms with Crippen LogP contribution in [0.2, 0.25) is 0 Å². The number of hydrogen-bond donors (Lipinski definition) is 1. The van der Waals surface area contributed by atoms with E-state index >= 15 is 0 Å². The molecule has 0 aromatic carbocycles. The van der Waals surface area contributed by atoms with Crippen LogP contribution in [0, 0.1) is 5.41 Å². The number of amides is 1. The molecular weight excluding hydrogens is 406 g/mol. The maximum Gasteiger partial charge on any atom is 0.280 e. The van der Waals surface area contributed by atoms with Gasteiger partial charge in [0.25, 0.3) is 12.3 Å². The maximum absolute atomic E-state index is 12.9. The number of pyridine rings is 2. The Morgan fingerprint density at radius 1 is 1.39 bits per heavy atom. The molecule has 0 bridgehead atoms. The normalized spacial score (nSPS) is 22.4. The van der Waals surface area contributed by atoms with E-state index in [0.717, 1.165) is 37.4 Å². The zero-order valence-corrected chi connectivity index (χ0v) is 17.0. The summed E-state index contributed by atoms with van der Waals surface area (Å²) in [6.07, 6.45) is 3.08. The summed E-state index contributed by atoms with van der Waals surface area (Å²) >= 11 is 0. The van der Waals surface area contributed by atoms with Gasteiger partial charge < -0.3 is 19.2 Å². The lowest BCUT2D eigenvalue weighted by molar-refractivity contribution is 0.101. The summed E-state index contributed by atoms with van der Waals surface area (Å²) in [5.74, 6) is 0.248. The minimum atomic E-state index is -2.75. The number of nitrogens with zero attached hydrogens (tertiary/aromatic N) is 3. The van der Waals surface area contributed by atoms with E-state index in [0.29, 0.717) is 24.0 Å². The summed E-state index contributed by atoms with van der Waals surface area (Å²) < 4.78 is 39.0. The molecule has 9 heteroatoms. The Balaban J connectivity index is 1.44. The molecule has 1 N–H and O–H groups in total. The predicted octanol–water partition coefficient (Wildman–Crippen LogP) is 4.21. The highest BCUT2D eigenvalue weighted by Gasteiger charge is 2.57. The first-order valence-electron chi connectivity index (χ1n) is 10.3. The Labute approximate surface area is 177 Å². The SMILES string of the molecule is CCOc1cc2nc(C3CC34CCOC4)cn2cc1NC(=O)c1cccc(C(F)F)n1. The first-order chi connectivity index (χ1) is 15.0. The Kier molecular flexibility index (Phi) is 4.85. The van der Waals surface area contributed by atoms with E-state index in [1.54, 1.807) is 12.3 Å². The van der Waals surface area contributed by atoms with Crippen molar-refractivity contribution in [3.8, 4) is 5.75 Å². The summed E-state index contributed by atoms with van der Waals surface area (Å²) in [7, 11) is 0. The molecule has 31 heavy (non-hydrogen) atoms. The van der Waals surface area contributed by atoms with Gasteiger partial charge in [0.05, 0.1) is 18.9 Å². The van der Waals surface area contributed by atoms with Crippen LogP contribution in [-0.4, -0.2) is 40.1 Å². The molecule has 1 saturated carbocycles. The summed E-state index contributed by atoms with van der Waals surface area (Å²) in [4.78, 5) is 21.2. The molecular formula is C22H22F2N4O3. The fourth-order valence-electron chi connectivity index (χ4n) is 4.28. The number of nitrogens with one attached hydrogen (secondary N) is 1. The number of hydrogen-bond acceptors (Lipinski definition) is 5. The monoisotopic (exact) mass is 428 g/mol. The standard InChI is InChI=1S/C22H22F2N4O3/c1-2-31-18-8-19-26-16(13-9-22(13)6-7-30-12-22)10-28(19)11-17(18)27-21(29)15-5-3-4-14(25-15)20(23)24/h3-5,8,10-11,13,20H,2,6-7,9,12H2,1H3,(H,27,29). The highest BCUT2D eigenvalue weighted by Crippen LogP contribution is 2.63. The van der Waals surface area contributed by atoms with Gasteiger partial charge in [0.15, 0.2) is 0 Å². The smallest absolute Gasteiger partial charge is 0.280 e. The lowest BCUT2D eigenvalue weighted by Crippen LogP contribution is -2.16. The highest BCUT2D eigenvalue weighted by atomic mass is 19.3. The van der Waals surface area contributed by atoms with Crippen LogP contribution in [0.15, 0.2) is 36.7 Å². The lowest BCUT2D eigenvalue weighted by atomic mass is 10.0. The van der Waals surface area contributed by atoms with E-state index in [9.17, 15) is 13.6 Å². The number of carbonyl (C=O) groups is 1. The van der Waals surface area contributed by atoms with Gasteiger partial charge in [-0.2, -0.15) is 0 Å². The molecule has 4 heterocycles. The number of halogens is 2. The molecule has 1 amide bonds. The van der Waals surface area contributed by atoms with Crippen LogP contribution in [0.3, 0.4) is 0 Å². The van der Waals surface area contributed by atoms with Crippen molar-refractivity contribution in [1.29, 1.82) is 0 Å². The van der Waals surface area contributed by atoms with E-state index in [4.69, 9.17) is 14.5 Å². The molecule has 2 fully saturated rings. The van der Waals surface area contributed by atoms with Crippen molar-refractivity contribution >= 4 is 17.2 Å². The molecule has 2 aliphatic rings. The number of alkyl halides is 2. The fraction of sp³-hybridized carbons (Fsp3) is 0.409. The Bertz CT molecular complexity index is 1140. The van der Waals surface area contributed by atoms with Crippen LogP contribution in [0.25, 0.3) is 5.65 Å². The van der Waals surface area contributed by atoms with Crippen molar-refractivity contribution in [2.24, 2.45) is 5.41 Å². The fourth-order valence-corrected chi connectivity index (χ4v) is 4.28. The molecule has 1 spiro atoms. The van der Waals surface area contributed by atoms with Crippen molar-refractivity contribution in [2.45, 2.75) is 32.1 Å². The number of rotatable bonds is 6. The van der Waals surface area contributed by atoms with Crippen molar-refractivity contribution in [2.75, 3.05) is 25.1 Å². The largest absolute Gasteiger partial charge is 0.491 e. The minimum Gasteiger partial charge on any atom is -0.491 e. The van der Waals surface area contributed by atoms with Gasteiger partial charge in [0, 0.05) is 36.4 Å². The molecule has 2 unspecified atom stereocenters. The number of anilines is 1. The number of imidazole rings is 1. The number of carbonyl (C=O) groups excluding carboxylic acids is 1. The first kappa shape index (κ1) is 19.9. The Hall–Kier alpha value is -3.07. The van der Waals surface area contributed by atoms with E-state index in [1.807, 2.05) is 17.5 Å². The summed E-state index contributed by atoms with van der Waals surface area (Å²) in [5, 5.41) is 2.73. The van der Waals surface area contributed by atoms with E-state index in [-0.39, 0.29) is 11.1 Å². The van der Waals surface area contributed by atoms with Crippen LogP contribution in [0.5, 0.6) is 5.75 Å². The number of fused-ring (bicyclic) bond motifs is 1. The van der Waals surface area contributed by atoms with Crippen molar-refractivity contribution in [3.05, 3.63) is 53.7 Å². The molecule has 0 radical (unpaired) electrons. The Morgan fingerprint density at radius 3 is 3.00 bits per heavy atom. The Morgan fingerprint density at radius 2 is 2.26 bits per heavy atom. The lowest BCUT2D eigenvalue weighted by Gasteiger charge is -2.12. The quantitative estimate of drug-likeness (QED) is 0.636. The van der Waals surface area contributed by atoms with Crippen LogP contribution in [0.1, 0.15) is 54.0 Å². The van der Waals surface area contributed by atoms with Gasteiger partial charge in [-0.25, -0.2) is 18.7 Å². The average molecular weight is 428 g/mol. The molecule has 2 atom stereocenters. The second kappa shape index (κ2) is 7.56. The van der Waals surface area contributed by atoms with E-state index in [2.05, 4.69) is 10.3 Å². The zero-order valence-electron chi connectivity index (χ0n) is 17.0. The topological polar surface area (TPSA) is 77.8 Å². The van der Waals surface area contributed by atoms with Gasteiger partial charge >= 0.3 is 0 Å². The van der Waals surface area contributed by atoms with Gasteiger partial charge in [-0.15, -0.1) is 0 Å². The highest BCUT2D eigenvalue weighted by molar-refractivity contribution is 6.03. The molecule has 1 saturated heterocycles. The van der Waals surface area contributed by atoms with Gasteiger partial charge in [0.2, 0.25) is 0 Å². The second-order valence-corrected chi connectivity index (χ2v) is 8.04. The van der Waals surface area contributed by atoms with Crippen LogP contribution in [-0.2, 0) is 4.74 Å². The molecule has 162 valence electrons. The average Bonchev–Trinajstić information content (AvgIpc) is 3.06. The second-order valence-electron chi connectivity index (χ2n) is 8.04. The third-order valence-corrected chi connectivity index (χ3v) is 6.03. The van der Waals surface area contributed by atoms with Gasteiger partial charge in [0.1, 0.15) is 28.5 Å².